The Morgan fingerprint density at radius 1 is 1.11 bits per heavy atom. The topological polar surface area (TPSA) is 104 Å². The summed E-state index contributed by atoms with van der Waals surface area (Å²) in [6.07, 6.45) is 2.62. The Hall–Kier alpha value is -1.79. The fourth-order valence-corrected chi connectivity index (χ4v) is 2.82. The number of urea groups is 1. The van der Waals surface area contributed by atoms with Crippen LogP contribution in [0.25, 0.3) is 0 Å². The number of hydrogen-bond acceptors (Lipinski definition) is 3. The van der Waals surface area contributed by atoms with Crippen molar-refractivity contribution in [2.75, 3.05) is 19.6 Å². The van der Waals surface area contributed by atoms with E-state index in [4.69, 9.17) is 10.8 Å². The summed E-state index contributed by atoms with van der Waals surface area (Å²) in [6.45, 7) is 1.33. The monoisotopic (exact) mass is 269 g/mol. The molecule has 106 valence electrons. The SMILES string of the molecule is NC(=O)C1CCCN(C(=O)N2CCC[C@H]2C(=O)O)C1. The molecular weight excluding hydrogens is 250 g/mol. The molecule has 2 aliphatic heterocycles. The van der Waals surface area contributed by atoms with Gasteiger partial charge in [-0.05, 0) is 25.7 Å². The average molecular weight is 269 g/mol. The van der Waals surface area contributed by atoms with E-state index in [9.17, 15) is 14.4 Å². The number of carboxylic acid groups (broad SMARTS) is 1. The van der Waals surface area contributed by atoms with Gasteiger partial charge >= 0.3 is 12.0 Å². The van der Waals surface area contributed by atoms with Crippen molar-refractivity contribution in [2.45, 2.75) is 31.7 Å². The summed E-state index contributed by atoms with van der Waals surface area (Å²) >= 11 is 0. The van der Waals surface area contributed by atoms with Gasteiger partial charge in [-0.25, -0.2) is 9.59 Å². The van der Waals surface area contributed by atoms with Crippen molar-refractivity contribution in [1.82, 2.24) is 9.80 Å². The third-order valence-corrected chi connectivity index (χ3v) is 3.88. The van der Waals surface area contributed by atoms with Crippen LogP contribution in [0.1, 0.15) is 25.7 Å². The molecule has 0 saturated carbocycles. The molecule has 19 heavy (non-hydrogen) atoms. The van der Waals surface area contributed by atoms with Crippen LogP contribution in [0.15, 0.2) is 0 Å². The number of nitrogens with two attached hydrogens (primary N) is 1. The van der Waals surface area contributed by atoms with Gasteiger partial charge in [0.15, 0.2) is 0 Å². The van der Waals surface area contributed by atoms with E-state index < -0.39 is 17.9 Å². The average Bonchev–Trinajstić information content (AvgIpc) is 2.87. The Morgan fingerprint density at radius 2 is 1.79 bits per heavy atom. The highest BCUT2D eigenvalue weighted by Crippen LogP contribution is 2.23. The van der Waals surface area contributed by atoms with Crippen LogP contribution in [-0.4, -0.2) is 58.5 Å². The lowest BCUT2D eigenvalue weighted by Crippen LogP contribution is -2.52. The second-order valence-electron chi connectivity index (χ2n) is 5.16. The Bertz CT molecular complexity index is 398. The van der Waals surface area contributed by atoms with Crippen LogP contribution in [0.3, 0.4) is 0 Å². The molecule has 0 aromatic rings. The molecule has 0 aromatic heterocycles. The summed E-state index contributed by atoms with van der Waals surface area (Å²) in [6, 6.07) is -1.02. The van der Waals surface area contributed by atoms with Crippen LogP contribution >= 0.6 is 0 Å². The van der Waals surface area contributed by atoms with Crippen LogP contribution in [0.5, 0.6) is 0 Å². The van der Waals surface area contributed by atoms with Gasteiger partial charge in [-0.3, -0.25) is 4.79 Å². The van der Waals surface area contributed by atoms with Crippen LogP contribution < -0.4 is 5.73 Å². The third kappa shape index (κ3) is 2.80. The summed E-state index contributed by atoms with van der Waals surface area (Å²) in [5.74, 6) is -1.67. The molecule has 2 saturated heterocycles. The largest absolute Gasteiger partial charge is 0.480 e. The minimum atomic E-state index is -0.964. The maximum atomic E-state index is 12.3. The van der Waals surface area contributed by atoms with E-state index in [0.29, 0.717) is 38.9 Å². The van der Waals surface area contributed by atoms with Gasteiger partial charge in [0.05, 0.1) is 5.92 Å². The minimum Gasteiger partial charge on any atom is -0.480 e. The molecule has 0 radical (unpaired) electrons. The summed E-state index contributed by atoms with van der Waals surface area (Å²) in [5, 5.41) is 9.08. The summed E-state index contributed by atoms with van der Waals surface area (Å²) in [5.41, 5.74) is 5.27. The number of hydrogen-bond donors (Lipinski definition) is 2. The number of rotatable bonds is 2. The molecule has 1 unspecified atom stereocenters. The molecule has 2 aliphatic rings. The number of carbonyl (C=O) groups is 3. The van der Waals surface area contributed by atoms with E-state index in [2.05, 4.69) is 0 Å². The Kier molecular flexibility index (Phi) is 3.92. The normalized spacial score (nSPS) is 27.4. The minimum absolute atomic E-state index is 0.282. The van der Waals surface area contributed by atoms with Gasteiger partial charge in [-0.2, -0.15) is 0 Å². The van der Waals surface area contributed by atoms with Crippen LogP contribution in [0.2, 0.25) is 0 Å². The number of carboxylic acids is 1. The number of aliphatic carboxylic acids is 1. The smallest absolute Gasteiger partial charge is 0.326 e. The van der Waals surface area contributed by atoms with E-state index in [1.54, 1.807) is 4.90 Å². The van der Waals surface area contributed by atoms with Gasteiger partial charge in [-0.15, -0.1) is 0 Å². The van der Waals surface area contributed by atoms with Crippen LogP contribution in [0.4, 0.5) is 4.79 Å². The van der Waals surface area contributed by atoms with Crippen LogP contribution in [0, 0.1) is 5.92 Å². The van der Waals surface area contributed by atoms with Gasteiger partial charge in [0.1, 0.15) is 6.04 Å². The zero-order chi connectivity index (χ0) is 14.0. The van der Waals surface area contributed by atoms with Gasteiger partial charge in [0, 0.05) is 19.6 Å². The van der Waals surface area contributed by atoms with E-state index in [-0.39, 0.29) is 11.9 Å². The lowest BCUT2D eigenvalue weighted by atomic mass is 9.98. The second-order valence-corrected chi connectivity index (χ2v) is 5.16. The fraction of sp³-hybridized carbons (Fsp3) is 0.750. The van der Waals surface area contributed by atoms with Crippen molar-refractivity contribution in [3.05, 3.63) is 0 Å². The molecule has 7 nitrogen and oxygen atoms in total. The highest BCUT2D eigenvalue weighted by Gasteiger charge is 2.37. The molecule has 3 N–H and O–H groups in total. The molecule has 0 spiro atoms. The number of nitrogens with zero attached hydrogens (tertiary/aromatic N) is 2. The predicted octanol–water partition coefficient (Wildman–Crippen LogP) is -0.147. The quantitative estimate of drug-likeness (QED) is 0.727. The Balaban J connectivity index is 2.02. The van der Waals surface area contributed by atoms with Crippen molar-refractivity contribution in [2.24, 2.45) is 11.7 Å². The van der Waals surface area contributed by atoms with Crippen LogP contribution in [-0.2, 0) is 9.59 Å². The van der Waals surface area contributed by atoms with E-state index in [0.717, 1.165) is 6.42 Å². The van der Waals surface area contributed by atoms with Crippen molar-refractivity contribution in [1.29, 1.82) is 0 Å². The highest BCUT2D eigenvalue weighted by atomic mass is 16.4. The zero-order valence-electron chi connectivity index (χ0n) is 10.7. The molecule has 2 atom stereocenters. The first-order valence-corrected chi connectivity index (χ1v) is 6.58. The lowest BCUT2D eigenvalue weighted by molar-refractivity contribution is -0.141. The summed E-state index contributed by atoms with van der Waals surface area (Å²) < 4.78 is 0. The maximum Gasteiger partial charge on any atom is 0.326 e. The molecule has 3 amide bonds. The Morgan fingerprint density at radius 3 is 2.42 bits per heavy atom. The fourth-order valence-electron chi connectivity index (χ4n) is 2.82. The van der Waals surface area contributed by atoms with E-state index >= 15 is 0 Å². The lowest BCUT2D eigenvalue weighted by Gasteiger charge is -2.35. The van der Waals surface area contributed by atoms with Gasteiger partial charge in [0.2, 0.25) is 5.91 Å². The number of primary amides is 1. The molecule has 0 aromatic carbocycles. The third-order valence-electron chi connectivity index (χ3n) is 3.88. The van der Waals surface area contributed by atoms with Crippen molar-refractivity contribution in [3.8, 4) is 0 Å². The Labute approximate surface area is 111 Å². The van der Waals surface area contributed by atoms with Crippen molar-refractivity contribution in [3.63, 3.8) is 0 Å². The van der Waals surface area contributed by atoms with Gasteiger partial charge in [0.25, 0.3) is 0 Å². The molecule has 2 heterocycles. The first kappa shape index (κ1) is 13.6. The second kappa shape index (κ2) is 5.46. The first-order valence-electron chi connectivity index (χ1n) is 6.58. The summed E-state index contributed by atoms with van der Waals surface area (Å²) in [4.78, 5) is 37.5. The summed E-state index contributed by atoms with van der Waals surface area (Å²) in [7, 11) is 0. The van der Waals surface area contributed by atoms with E-state index in [1.807, 2.05) is 0 Å². The zero-order valence-corrected chi connectivity index (χ0v) is 10.7. The molecule has 2 fully saturated rings. The molecule has 7 heteroatoms. The standard InChI is InChI=1S/C12H19N3O4/c13-10(16)8-3-1-5-14(7-8)12(19)15-6-2-4-9(15)11(17)18/h8-9H,1-7H2,(H2,13,16)(H,17,18)/t8?,9-/m0/s1. The van der Waals surface area contributed by atoms with Gasteiger partial charge < -0.3 is 20.6 Å². The molecule has 0 aliphatic carbocycles. The number of likely N-dealkylation sites (tertiary alicyclic amines) is 2. The molecular formula is C12H19N3O4. The van der Waals surface area contributed by atoms with Crippen molar-refractivity contribution >= 4 is 17.9 Å². The van der Waals surface area contributed by atoms with E-state index in [1.165, 1.54) is 4.90 Å². The van der Waals surface area contributed by atoms with Gasteiger partial charge in [-0.1, -0.05) is 0 Å². The number of amides is 3. The first-order chi connectivity index (χ1) is 9.00. The highest BCUT2D eigenvalue weighted by molar-refractivity contribution is 5.84. The van der Waals surface area contributed by atoms with Crippen molar-refractivity contribution < 1.29 is 19.5 Å². The maximum absolute atomic E-state index is 12.3. The predicted molar refractivity (Wildman–Crippen MR) is 66.3 cm³/mol. The number of carbonyl (C=O) groups excluding carboxylic acids is 2. The molecule has 2 rings (SSSR count). The molecule has 0 bridgehead atoms. The number of piperidine rings is 1.